The van der Waals surface area contributed by atoms with Crippen LogP contribution in [0.5, 0.6) is 0 Å². The largest absolute Gasteiger partial charge is 0.433 e. The summed E-state index contributed by atoms with van der Waals surface area (Å²) in [4.78, 5) is 3.37. The average molecular weight is 429 g/mol. The van der Waals surface area contributed by atoms with E-state index in [4.69, 9.17) is 5.73 Å². The topological polar surface area (TPSA) is 43.8 Å². The zero-order valence-corrected chi connectivity index (χ0v) is 16.6. The number of nitrogens with two attached hydrogens (primary N) is 1. The summed E-state index contributed by atoms with van der Waals surface area (Å²) < 4.78 is 83.2. The molecule has 0 saturated heterocycles. The van der Waals surface area contributed by atoms with Crippen molar-refractivity contribution < 1.29 is 26.3 Å². The number of nitrogens with zero attached hydrogens (tertiary/aromatic N) is 2. The molecule has 162 valence electrons. The average Bonchev–Trinajstić information content (AvgIpc) is 2.95. The third kappa shape index (κ3) is 4.30. The maximum atomic E-state index is 14.9. The van der Waals surface area contributed by atoms with Gasteiger partial charge in [-0.25, -0.2) is 13.2 Å². The third-order valence-electron chi connectivity index (χ3n) is 4.64. The fourth-order valence-corrected chi connectivity index (χ4v) is 3.44. The van der Waals surface area contributed by atoms with E-state index in [0.29, 0.717) is 12.1 Å². The van der Waals surface area contributed by atoms with Crippen LogP contribution in [0.1, 0.15) is 38.1 Å². The minimum atomic E-state index is -4.78. The standard InChI is InChI=1S/C21H21F6N3/c1-20(2,3)10-30-9-14(17(28)19(23)24)13-7-15(22)12(8-16(13)30)11-5-4-6-29-18(11)21(25,26)27/h4-9,17,19H,10,28H2,1-3H3. The molecule has 0 saturated carbocycles. The van der Waals surface area contributed by atoms with E-state index in [9.17, 15) is 26.3 Å². The van der Waals surface area contributed by atoms with Gasteiger partial charge < -0.3 is 10.3 Å². The number of benzene rings is 1. The predicted molar refractivity (Wildman–Crippen MR) is 103 cm³/mol. The molecule has 0 amide bonds. The van der Waals surface area contributed by atoms with Gasteiger partial charge in [0.2, 0.25) is 0 Å². The molecule has 0 radical (unpaired) electrons. The first-order valence-electron chi connectivity index (χ1n) is 9.18. The van der Waals surface area contributed by atoms with E-state index < -0.39 is 35.7 Å². The highest BCUT2D eigenvalue weighted by atomic mass is 19.4. The molecule has 3 rings (SSSR count). The second-order valence-corrected chi connectivity index (χ2v) is 8.38. The summed E-state index contributed by atoms with van der Waals surface area (Å²) in [6, 6.07) is 2.96. The second kappa shape index (κ2) is 7.61. The van der Waals surface area contributed by atoms with Crippen LogP contribution < -0.4 is 5.73 Å². The van der Waals surface area contributed by atoms with Crippen LogP contribution in [0.4, 0.5) is 26.3 Å². The lowest BCUT2D eigenvalue weighted by atomic mass is 9.96. The summed E-state index contributed by atoms with van der Waals surface area (Å²) >= 11 is 0. The first-order chi connectivity index (χ1) is 13.8. The Balaban J connectivity index is 2.31. The molecule has 0 spiro atoms. The molecular weight excluding hydrogens is 408 g/mol. The molecule has 0 aliphatic heterocycles. The van der Waals surface area contributed by atoms with Crippen LogP contribution in [0, 0.1) is 11.2 Å². The molecule has 0 bridgehead atoms. The van der Waals surface area contributed by atoms with Crippen LogP contribution in [-0.2, 0) is 12.7 Å². The van der Waals surface area contributed by atoms with Gasteiger partial charge in [-0.05, 0) is 23.6 Å². The summed E-state index contributed by atoms with van der Waals surface area (Å²) in [7, 11) is 0. The Bertz CT molecular complexity index is 1060. The molecule has 0 aliphatic rings. The van der Waals surface area contributed by atoms with E-state index in [1.807, 2.05) is 20.8 Å². The van der Waals surface area contributed by atoms with E-state index in [-0.39, 0.29) is 21.9 Å². The molecule has 1 atom stereocenters. The van der Waals surface area contributed by atoms with Crippen LogP contribution >= 0.6 is 0 Å². The van der Waals surface area contributed by atoms with Crippen molar-refractivity contribution in [2.75, 3.05) is 0 Å². The summed E-state index contributed by atoms with van der Waals surface area (Å²) in [5.74, 6) is -0.975. The second-order valence-electron chi connectivity index (χ2n) is 8.38. The Morgan fingerprint density at radius 1 is 1.10 bits per heavy atom. The smallest absolute Gasteiger partial charge is 0.347 e. The van der Waals surface area contributed by atoms with Gasteiger partial charge in [-0.15, -0.1) is 0 Å². The lowest BCUT2D eigenvalue weighted by molar-refractivity contribution is -0.140. The van der Waals surface area contributed by atoms with E-state index in [0.717, 1.165) is 18.3 Å². The first kappa shape index (κ1) is 22.1. The zero-order valence-electron chi connectivity index (χ0n) is 16.6. The van der Waals surface area contributed by atoms with Crippen LogP contribution in [-0.4, -0.2) is 16.0 Å². The van der Waals surface area contributed by atoms with Crippen molar-refractivity contribution in [3.05, 3.63) is 53.7 Å². The molecule has 1 unspecified atom stereocenters. The van der Waals surface area contributed by atoms with E-state index in [1.54, 1.807) is 4.57 Å². The van der Waals surface area contributed by atoms with Crippen molar-refractivity contribution in [3.8, 4) is 11.1 Å². The number of alkyl halides is 5. The molecule has 3 nitrogen and oxygen atoms in total. The van der Waals surface area contributed by atoms with Crippen molar-refractivity contribution in [2.24, 2.45) is 11.1 Å². The SMILES string of the molecule is CC(C)(C)Cn1cc(C(N)C(F)F)c2cc(F)c(-c3cccnc3C(F)(F)F)cc21. The molecule has 9 heteroatoms. The van der Waals surface area contributed by atoms with Crippen LogP contribution in [0.15, 0.2) is 36.7 Å². The van der Waals surface area contributed by atoms with Crippen molar-refractivity contribution in [1.82, 2.24) is 9.55 Å². The minimum Gasteiger partial charge on any atom is -0.347 e. The van der Waals surface area contributed by atoms with Crippen molar-refractivity contribution in [2.45, 2.75) is 46.0 Å². The van der Waals surface area contributed by atoms with Gasteiger partial charge in [-0.3, -0.25) is 4.98 Å². The fraction of sp³-hybridized carbons (Fsp3) is 0.381. The minimum absolute atomic E-state index is 0.0388. The Morgan fingerprint density at radius 2 is 1.77 bits per heavy atom. The number of aromatic nitrogens is 2. The van der Waals surface area contributed by atoms with Gasteiger partial charge >= 0.3 is 6.18 Å². The molecule has 2 aromatic heterocycles. The van der Waals surface area contributed by atoms with E-state index >= 15 is 0 Å². The molecule has 0 fully saturated rings. The number of fused-ring (bicyclic) bond motifs is 1. The Kier molecular flexibility index (Phi) is 5.62. The monoisotopic (exact) mass is 429 g/mol. The highest BCUT2D eigenvalue weighted by molar-refractivity contribution is 5.89. The third-order valence-corrected chi connectivity index (χ3v) is 4.64. The van der Waals surface area contributed by atoms with Gasteiger partial charge in [0.15, 0.2) is 5.69 Å². The number of hydrogen-bond acceptors (Lipinski definition) is 2. The summed E-state index contributed by atoms with van der Waals surface area (Å²) in [6.07, 6.45) is -5.26. The molecule has 30 heavy (non-hydrogen) atoms. The van der Waals surface area contributed by atoms with Gasteiger partial charge in [-0.1, -0.05) is 26.8 Å². The van der Waals surface area contributed by atoms with Crippen LogP contribution in [0.3, 0.4) is 0 Å². The summed E-state index contributed by atoms with van der Waals surface area (Å²) in [5.41, 5.74) is 3.74. The molecule has 2 heterocycles. The van der Waals surface area contributed by atoms with E-state index in [1.165, 1.54) is 18.3 Å². The summed E-state index contributed by atoms with van der Waals surface area (Å²) in [6.45, 7) is 6.11. The molecule has 3 aromatic rings. The van der Waals surface area contributed by atoms with Gasteiger partial charge in [0, 0.05) is 46.5 Å². The lowest BCUT2D eigenvalue weighted by Gasteiger charge is -2.20. The number of rotatable bonds is 4. The molecule has 1 aromatic carbocycles. The van der Waals surface area contributed by atoms with Gasteiger partial charge in [-0.2, -0.15) is 13.2 Å². The molecular formula is C21H21F6N3. The fourth-order valence-electron chi connectivity index (χ4n) is 3.44. The summed E-state index contributed by atoms with van der Waals surface area (Å²) in [5, 5.41) is 0.144. The lowest BCUT2D eigenvalue weighted by Crippen LogP contribution is -2.19. The van der Waals surface area contributed by atoms with Gasteiger partial charge in [0.25, 0.3) is 6.43 Å². The van der Waals surface area contributed by atoms with Crippen LogP contribution in [0.2, 0.25) is 0 Å². The first-order valence-corrected chi connectivity index (χ1v) is 9.18. The van der Waals surface area contributed by atoms with Gasteiger partial charge in [0.1, 0.15) is 5.82 Å². The highest BCUT2D eigenvalue weighted by Gasteiger charge is 2.36. The predicted octanol–water partition coefficient (Wildman–Crippen LogP) is 6.17. The zero-order chi connectivity index (χ0) is 22.4. The quantitative estimate of drug-likeness (QED) is 0.504. The number of halogens is 6. The van der Waals surface area contributed by atoms with Crippen LogP contribution in [0.25, 0.3) is 22.0 Å². The number of hydrogen-bond donors (Lipinski definition) is 1. The van der Waals surface area contributed by atoms with Crippen molar-refractivity contribution in [1.29, 1.82) is 0 Å². The van der Waals surface area contributed by atoms with Crippen molar-refractivity contribution >= 4 is 10.9 Å². The molecule has 0 aliphatic carbocycles. The van der Waals surface area contributed by atoms with Crippen molar-refractivity contribution in [3.63, 3.8) is 0 Å². The Morgan fingerprint density at radius 3 is 2.33 bits per heavy atom. The molecule has 2 N–H and O–H groups in total. The maximum Gasteiger partial charge on any atom is 0.433 e. The normalized spacial score (nSPS) is 14.0. The Hall–Kier alpha value is -2.55. The van der Waals surface area contributed by atoms with Gasteiger partial charge in [0.05, 0.1) is 6.04 Å². The maximum absolute atomic E-state index is 14.9. The Labute approximate surface area is 169 Å². The highest BCUT2D eigenvalue weighted by Crippen LogP contribution is 2.39. The number of pyridine rings is 1. The van der Waals surface area contributed by atoms with E-state index in [2.05, 4.69) is 4.98 Å².